The van der Waals surface area contributed by atoms with Gasteiger partial charge in [0.15, 0.2) is 16.6 Å². The van der Waals surface area contributed by atoms with Gasteiger partial charge in [0.25, 0.3) is 0 Å². The fourth-order valence-electron chi connectivity index (χ4n) is 10.0. The number of rotatable bonds is 9. The second-order valence-electron chi connectivity index (χ2n) is 17.1. The maximum absolute atomic E-state index is 13.4. The number of hydrogen-bond donors (Lipinski definition) is 3. The van der Waals surface area contributed by atoms with E-state index in [1.165, 1.54) is 0 Å². The lowest BCUT2D eigenvalue weighted by molar-refractivity contribution is -0.137. The van der Waals surface area contributed by atoms with Gasteiger partial charge in [-0.1, -0.05) is 11.3 Å². The van der Waals surface area contributed by atoms with Crippen LogP contribution in [0.25, 0.3) is 27.5 Å². The van der Waals surface area contributed by atoms with Gasteiger partial charge in [-0.25, -0.2) is 4.52 Å². The second kappa shape index (κ2) is 16.1. The first-order valence-corrected chi connectivity index (χ1v) is 22.2. The molecule has 16 nitrogen and oxygen atoms in total. The van der Waals surface area contributed by atoms with Gasteiger partial charge in [0.1, 0.15) is 11.1 Å². The summed E-state index contributed by atoms with van der Waals surface area (Å²) in [7, 11) is 1.87. The Kier molecular flexibility index (Phi) is 10.3. The number of imide groups is 1. The Hall–Kier alpha value is -6.38. The van der Waals surface area contributed by atoms with E-state index < -0.39 is 17.7 Å². The molecule has 5 aliphatic rings. The molecular formula is C45H45N11O5S. The van der Waals surface area contributed by atoms with Crippen molar-refractivity contribution in [1.29, 1.82) is 5.26 Å². The molecule has 1 aromatic carbocycles. The molecule has 10 rings (SSSR count). The Morgan fingerprint density at radius 2 is 1.68 bits per heavy atom. The summed E-state index contributed by atoms with van der Waals surface area (Å²) >= 11 is 1.59. The number of ketones is 2. The second-order valence-corrected chi connectivity index (χ2v) is 18.2. The summed E-state index contributed by atoms with van der Waals surface area (Å²) in [5.74, 6) is -3.06. The van der Waals surface area contributed by atoms with Crippen LogP contribution in [0.1, 0.15) is 88.6 Å². The molecule has 2 unspecified atom stereocenters. The molecule has 0 spiro atoms. The summed E-state index contributed by atoms with van der Waals surface area (Å²) in [5.41, 5.74) is 6.25. The number of likely N-dealkylation sites (tertiary alicyclic amines) is 1. The zero-order chi connectivity index (χ0) is 42.6. The van der Waals surface area contributed by atoms with E-state index in [0.717, 1.165) is 109 Å². The van der Waals surface area contributed by atoms with Gasteiger partial charge in [-0.05, 0) is 87.4 Å². The topological polar surface area (TPSA) is 208 Å². The van der Waals surface area contributed by atoms with Crippen molar-refractivity contribution in [3.05, 3.63) is 76.6 Å². The van der Waals surface area contributed by atoms with Crippen molar-refractivity contribution in [3.63, 3.8) is 0 Å². The van der Waals surface area contributed by atoms with Gasteiger partial charge >= 0.3 is 0 Å². The monoisotopic (exact) mass is 851 g/mol. The van der Waals surface area contributed by atoms with Crippen LogP contribution in [0.5, 0.6) is 0 Å². The first-order valence-electron chi connectivity index (χ1n) is 21.4. The first-order chi connectivity index (χ1) is 30.1. The van der Waals surface area contributed by atoms with Crippen molar-refractivity contribution in [2.24, 2.45) is 17.8 Å². The number of pyridine rings is 1. The van der Waals surface area contributed by atoms with Crippen molar-refractivity contribution in [1.82, 2.24) is 40.3 Å². The number of amides is 3. The van der Waals surface area contributed by atoms with Crippen LogP contribution >= 0.6 is 11.3 Å². The molecule has 7 heterocycles. The molecule has 3 N–H and O–H groups in total. The van der Waals surface area contributed by atoms with E-state index >= 15 is 0 Å². The van der Waals surface area contributed by atoms with E-state index in [9.17, 15) is 29.2 Å². The van der Waals surface area contributed by atoms with Crippen molar-refractivity contribution >= 4 is 57.5 Å². The molecule has 2 atom stereocenters. The Morgan fingerprint density at radius 3 is 2.44 bits per heavy atom. The number of nitriles is 1. The van der Waals surface area contributed by atoms with Crippen LogP contribution < -0.4 is 20.9 Å². The molecular weight excluding hydrogens is 807 g/mol. The minimum absolute atomic E-state index is 0.0143. The molecule has 5 aromatic rings. The number of carbonyl (C=O) groups is 5. The third-order valence-electron chi connectivity index (χ3n) is 13.6. The highest BCUT2D eigenvalue weighted by molar-refractivity contribution is 7.14. The van der Waals surface area contributed by atoms with E-state index in [1.54, 1.807) is 40.2 Å². The molecule has 1 saturated carbocycles. The van der Waals surface area contributed by atoms with E-state index in [2.05, 4.69) is 47.1 Å². The standard InChI is InChI=1S/C45H45N11O5S/c1-47-35-18-36(37-10-7-30-16-24(19-46)20-49-56(30)37)48-21-34(35)45-53-52-44(62-45)25-2-4-27(5-3-25)50-42(60)26-22-55(23-26)28-12-14-54(15-13-28)29-6-8-31-33(17-29)41(59)39(40(31)58)32-9-11-38(57)51-43(32)61/h6-8,10,16-18,20-21,25-28,32,39H,2-5,9,11-15,22-23H2,1H3,(H,47,48)(H,50,60)(H,51,57,61). The number of Topliss-reactive ketones (excluding diaryl/α,β-unsaturated/α-hetero) is 2. The predicted molar refractivity (Wildman–Crippen MR) is 229 cm³/mol. The number of nitrogens with zero attached hydrogens (tertiary/aromatic N) is 8. The molecule has 0 bridgehead atoms. The average molecular weight is 852 g/mol. The number of benzene rings is 1. The molecule has 4 aromatic heterocycles. The number of fused-ring (bicyclic) bond motifs is 2. The van der Waals surface area contributed by atoms with Crippen LogP contribution in [0.15, 0.2) is 54.9 Å². The Balaban J connectivity index is 0.681. The minimum atomic E-state index is -1.07. The van der Waals surface area contributed by atoms with Gasteiger partial charge < -0.3 is 15.5 Å². The van der Waals surface area contributed by atoms with Crippen molar-refractivity contribution in [2.45, 2.75) is 69.4 Å². The fourth-order valence-corrected chi connectivity index (χ4v) is 11.0. The molecule has 316 valence electrons. The van der Waals surface area contributed by atoms with Gasteiger partial charge in [0, 0.05) is 86.3 Å². The maximum Gasteiger partial charge on any atom is 0.230 e. The van der Waals surface area contributed by atoms with Crippen LogP contribution in [-0.4, -0.2) is 104 Å². The summed E-state index contributed by atoms with van der Waals surface area (Å²) in [6.45, 7) is 3.10. The highest BCUT2D eigenvalue weighted by Crippen LogP contribution is 2.40. The molecule has 0 radical (unpaired) electrons. The lowest BCUT2D eigenvalue weighted by Crippen LogP contribution is -2.60. The summed E-state index contributed by atoms with van der Waals surface area (Å²) in [6.07, 6.45) is 9.21. The highest BCUT2D eigenvalue weighted by Gasteiger charge is 2.48. The third kappa shape index (κ3) is 7.20. The van der Waals surface area contributed by atoms with Gasteiger partial charge in [-0.15, -0.1) is 10.2 Å². The molecule has 3 amide bonds. The Morgan fingerprint density at radius 1 is 0.887 bits per heavy atom. The van der Waals surface area contributed by atoms with E-state index in [-0.39, 0.29) is 54.1 Å². The van der Waals surface area contributed by atoms with Crippen molar-refractivity contribution < 1.29 is 24.0 Å². The number of aromatic nitrogens is 5. The Labute approximate surface area is 361 Å². The molecule has 62 heavy (non-hydrogen) atoms. The molecule has 3 saturated heterocycles. The fraction of sp³-hybridized carbons (Fsp3) is 0.422. The van der Waals surface area contributed by atoms with E-state index in [0.29, 0.717) is 22.7 Å². The van der Waals surface area contributed by atoms with Crippen LogP contribution in [-0.2, 0) is 14.4 Å². The number of nitrogens with one attached hydrogen (secondary N) is 3. The Bertz CT molecular complexity index is 2680. The van der Waals surface area contributed by atoms with Gasteiger partial charge in [0.05, 0.1) is 52.0 Å². The van der Waals surface area contributed by atoms with E-state index in [1.807, 2.05) is 37.5 Å². The van der Waals surface area contributed by atoms with E-state index in [4.69, 9.17) is 4.98 Å². The largest absolute Gasteiger partial charge is 0.387 e. The average Bonchev–Trinajstić information content (AvgIpc) is 4.00. The SMILES string of the molecule is CNc1cc(-c2ccc3cc(C#N)cnn23)ncc1-c1nnc(C2CCC(NC(=O)C3CN(C4CCN(c5ccc6c(c5)C(=O)C(C5CCC(=O)NC5=O)C6=O)CC4)C3)CC2)s1. The molecule has 2 aliphatic carbocycles. The van der Waals surface area contributed by atoms with Gasteiger partial charge in [-0.3, -0.25) is 39.2 Å². The van der Waals surface area contributed by atoms with Gasteiger partial charge in [-0.2, -0.15) is 10.4 Å². The van der Waals surface area contributed by atoms with Crippen LogP contribution in [0.2, 0.25) is 0 Å². The van der Waals surface area contributed by atoms with Crippen LogP contribution in [0, 0.1) is 29.1 Å². The molecule has 17 heteroatoms. The summed E-state index contributed by atoms with van der Waals surface area (Å²) in [6, 6.07) is 15.7. The third-order valence-corrected chi connectivity index (χ3v) is 14.7. The highest BCUT2D eigenvalue weighted by atomic mass is 32.1. The number of anilines is 2. The predicted octanol–water partition coefficient (Wildman–Crippen LogP) is 4.62. The van der Waals surface area contributed by atoms with Crippen molar-refractivity contribution in [2.75, 3.05) is 43.4 Å². The summed E-state index contributed by atoms with van der Waals surface area (Å²) < 4.78 is 1.78. The summed E-state index contributed by atoms with van der Waals surface area (Å²) in [4.78, 5) is 73.5. The maximum atomic E-state index is 13.4. The normalized spacial score (nSPS) is 23.5. The smallest absolute Gasteiger partial charge is 0.230 e. The molecule has 3 aliphatic heterocycles. The van der Waals surface area contributed by atoms with Gasteiger partial charge in [0.2, 0.25) is 17.7 Å². The lowest BCUT2D eigenvalue weighted by Gasteiger charge is -2.47. The lowest BCUT2D eigenvalue weighted by atomic mass is 9.82. The van der Waals surface area contributed by atoms with Crippen molar-refractivity contribution in [3.8, 4) is 28.0 Å². The zero-order valence-corrected chi connectivity index (χ0v) is 35.0. The number of carbonyl (C=O) groups excluding carboxylic acids is 5. The minimum Gasteiger partial charge on any atom is -0.387 e. The first kappa shape index (κ1) is 39.7. The quantitative estimate of drug-likeness (QED) is 0.137. The van der Waals surface area contributed by atoms with Crippen LogP contribution in [0.4, 0.5) is 11.4 Å². The molecule has 4 fully saturated rings. The zero-order valence-electron chi connectivity index (χ0n) is 34.2. The number of piperidine rings is 2. The summed E-state index contributed by atoms with van der Waals surface area (Å²) in [5, 5.41) is 33.6. The van der Waals surface area contributed by atoms with Crippen LogP contribution in [0.3, 0.4) is 0 Å². The number of hydrogen-bond acceptors (Lipinski definition) is 14.